The van der Waals surface area contributed by atoms with Crippen molar-refractivity contribution >= 4 is 21.4 Å². The molecule has 7 nitrogen and oxygen atoms in total. The lowest BCUT2D eigenvalue weighted by Crippen LogP contribution is -2.41. The van der Waals surface area contributed by atoms with Crippen molar-refractivity contribution < 1.29 is 17.9 Å². The van der Waals surface area contributed by atoms with Crippen LogP contribution in [0.3, 0.4) is 0 Å². The molecule has 37 heavy (non-hydrogen) atoms. The number of thiazole rings is 1. The van der Waals surface area contributed by atoms with Gasteiger partial charge in [0.15, 0.2) is 0 Å². The Morgan fingerprint density at radius 2 is 2.03 bits per heavy atom. The van der Waals surface area contributed by atoms with Gasteiger partial charge in [-0.05, 0) is 74.1 Å². The van der Waals surface area contributed by atoms with E-state index in [9.17, 15) is 8.42 Å². The molecule has 198 valence electrons. The lowest BCUT2D eigenvalue weighted by molar-refractivity contribution is 0.0408. The van der Waals surface area contributed by atoms with Crippen LogP contribution in [-0.2, 0) is 21.2 Å². The molecule has 9 heteroatoms. The van der Waals surface area contributed by atoms with Crippen molar-refractivity contribution in [1.82, 2.24) is 14.6 Å². The molecule has 1 atom stereocenters. The number of rotatable bonds is 9. The molecule has 0 bridgehead atoms. The Bertz CT molecular complexity index is 1350. The smallest absolute Gasteiger partial charge is 0.213 e. The molecule has 0 amide bonds. The highest BCUT2D eigenvalue weighted by Gasteiger charge is 2.29. The number of aryl methyl sites for hydroxylation is 1. The van der Waals surface area contributed by atoms with Gasteiger partial charge in [-0.3, -0.25) is 4.90 Å². The number of hydrogen-bond acceptors (Lipinski definition) is 7. The van der Waals surface area contributed by atoms with Crippen LogP contribution in [0.2, 0.25) is 0 Å². The molecule has 2 aliphatic rings. The fourth-order valence-electron chi connectivity index (χ4n) is 5.06. The van der Waals surface area contributed by atoms with Crippen molar-refractivity contribution in [2.45, 2.75) is 45.8 Å². The summed E-state index contributed by atoms with van der Waals surface area (Å²) in [6, 6.07) is 12.2. The Morgan fingerprint density at radius 3 is 2.78 bits per heavy atom. The number of morpholine rings is 1. The van der Waals surface area contributed by atoms with Crippen molar-refractivity contribution in [3.63, 3.8) is 0 Å². The van der Waals surface area contributed by atoms with E-state index in [0.717, 1.165) is 63.8 Å². The third-order valence-electron chi connectivity index (χ3n) is 6.93. The highest BCUT2D eigenvalue weighted by Crippen LogP contribution is 2.41. The number of hydrogen-bond donors (Lipinski definition) is 1. The van der Waals surface area contributed by atoms with Gasteiger partial charge < -0.3 is 9.47 Å². The van der Waals surface area contributed by atoms with Gasteiger partial charge in [0, 0.05) is 37.4 Å². The minimum absolute atomic E-state index is 0.108. The Labute approximate surface area is 223 Å². The summed E-state index contributed by atoms with van der Waals surface area (Å²) in [7, 11) is -3.38. The summed E-state index contributed by atoms with van der Waals surface area (Å²) < 4.78 is 40.0. The predicted octanol–water partition coefficient (Wildman–Crippen LogP) is 4.81. The Kier molecular flexibility index (Phi) is 7.97. The van der Waals surface area contributed by atoms with Crippen molar-refractivity contribution in [1.29, 1.82) is 0 Å². The molecule has 0 spiro atoms. The second kappa shape index (κ2) is 11.2. The molecule has 1 aliphatic carbocycles. The molecule has 1 fully saturated rings. The lowest BCUT2D eigenvalue weighted by atomic mass is 10.0. The van der Waals surface area contributed by atoms with Crippen LogP contribution < -0.4 is 9.46 Å². The molecule has 2 aromatic carbocycles. The van der Waals surface area contributed by atoms with Crippen LogP contribution in [0.5, 0.6) is 5.75 Å². The summed E-state index contributed by atoms with van der Waals surface area (Å²) >= 11 is 1.67. The monoisotopic (exact) mass is 541 g/mol. The average Bonchev–Trinajstić information content (AvgIpc) is 3.52. The minimum Gasteiger partial charge on any atom is -0.491 e. The number of benzene rings is 2. The van der Waals surface area contributed by atoms with Gasteiger partial charge in [-0.1, -0.05) is 18.2 Å². The van der Waals surface area contributed by atoms with Crippen LogP contribution in [0, 0.1) is 6.92 Å². The van der Waals surface area contributed by atoms with Crippen LogP contribution in [0.1, 0.15) is 43.0 Å². The van der Waals surface area contributed by atoms with Gasteiger partial charge in [-0.2, -0.15) is 0 Å². The van der Waals surface area contributed by atoms with Gasteiger partial charge >= 0.3 is 0 Å². The maximum Gasteiger partial charge on any atom is 0.213 e. The Balaban J connectivity index is 1.30. The second-order valence-corrected chi connectivity index (χ2v) is 12.9. The summed E-state index contributed by atoms with van der Waals surface area (Å²) in [4.78, 5) is 7.97. The van der Waals surface area contributed by atoms with E-state index in [1.54, 1.807) is 11.3 Å². The molecule has 1 N–H and O–H groups in total. The molecule has 2 heterocycles. The zero-order chi connectivity index (χ0) is 26.0. The summed E-state index contributed by atoms with van der Waals surface area (Å²) in [5.74, 6) is 1.01. The topological polar surface area (TPSA) is 80.8 Å². The minimum atomic E-state index is -3.38. The van der Waals surface area contributed by atoms with Crippen molar-refractivity contribution in [3.05, 3.63) is 59.3 Å². The van der Waals surface area contributed by atoms with Gasteiger partial charge in [0.05, 0.1) is 29.9 Å². The van der Waals surface area contributed by atoms with Gasteiger partial charge in [0.2, 0.25) is 10.0 Å². The van der Waals surface area contributed by atoms with Gasteiger partial charge in [0.25, 0.3) is 0 Å². The van der Waals surface area contributed by atoms with Gasteiger partial charge in [-0.15, -0.1) is 11.3 Å². The molecule has 1 saturated heterocycles. The molecular formula is C28H35N3O4S2. The largest absolute Gasteiger partial charge is 0.491 e. The molecule has 3 aromatic rings. The summed E-state index contributed by atoms with van der Waals surface area (Å²) in [5.41, 5.74) is 5.60. The fourth-order valence-corrected chi connectivity index (χ4v) is 7.32. The summed E-state index contributed by atoms with van der Waals surface area (Å²) in [6.07, 6.45) is 3.68. The van der Waals surface area contributed by atoms with Gasteiger partial charge in [-0.25, -0.2) is 18.1 Å². The van der Waals surface area contributed by atoms with E-state index in [0.29, 0.717) is 19.8 Å². The third-order valence-corrected chi connectivity index (χ3v) is 9.37. The zero-order valence-corrected chi connectivity index (χ0v) is 23.3. The molecule has 0 unspecified atom stereocenters. The van der Waals surface area contributed by atoms with E-state index < -0.39 is 10.0 Å². The van der Waals surface area contributed by atoms with Crippen LogP contribution in [-0.4, -0.2) is 63.0 Å². The van der Waals surface area contributed by atoms with E-state index in [-0.39, 0.29) is 17.9 Å². The lowest BCUT2D eigenvalue weighted by Gasteiger charge is -2.26. The second-order valence-electron chi connectivity index (χ2n) is 10.0. The van der Waals surface area contributed by atoms with E-state index in [1.165, 1.54) is 5.56 Å². The summed E-state index contributed by atoms with van der Waals surface area (Å²) in [6.45, 7) is 9.56. The molecule has 0 radical (unpaired) electrons. The van der Waals surface area contributed by atoms with Gasteiger partial charge in [0.1, 0.15) is 10.8 Å². The number of aromatic nitrogens is 1. The number of sulfonamides is 1. The molecule has 1 aliphatic heterocycles. The number of fused-ring (bicyclic) bond motifs is 1. The number of ether oxygens (including phenoxy) is 2. The number of nitrogens with zero attached hydrogens (tertiary/aromatic N) is 2. The molecule has 5 rings (SSSR count). The van der Waals surface area contributed by atoms with Crippen LogP contribution in [0.15, 0.2) is 42.6 Å². The quantitative estimate of drug-likeness (QED) is 0.419. The first-order chi connectivity index (χ1) is 17.8. The van der Waals surface area contributed by atoms with E-state index in [2.05, 4.69) is 40.8 Å². The highest BCUT2D eigenvalue weighted by atomic mass is 32.2. The predicted molar refractivity (Wildman–Crippen MR) is 149 cm³/mol. The van der Waals surface area contributed by atoms with Crippen molar-refractivity contribution in [2.75, 3.05) is 38.6 Å². The first-order valence-corrected chi connectivity index (χ1v) is 15.4. The van der Waals surface area contributed by atoms with E-state index in [4.69, 9.17) is 14.5 Å². The molecular weight excluding hydrogens is 506 g/mol. The van der Waals surface area contributed by atoms with Crippen molar-refractivity contribution in [3.8, 4) is 26.8 Å². The van der Waals surface area contributed by atoms with Crippen LogP contribution >= 0.6 is 11.3 Å². The normalized spacial score (nSPS) is 18.3. The molecule has 1 aromatic heterocycles. The maximum absolute atomic E-state index is 12.9. The summed E-state index contributed by atoms with van der Waals surface area (Å²) in [5, 5.41) is 0.963. The first-order valence-electron chi connectivity index (χ1n) is 12.9. The maximum atomic E-state index is 12.9. The highest BCUT2D eigenvalue weighted by molar-refractivity contribution is 7.89. The van der Waals surface area contributed by atoms with E-state index in [1.807, 2.05) is 32.2 Å². The van der Waals surface area contributed by atoms with E-state index >= 15 is 0 Å². The number of nitrogens with one attached hydrogen (secondary N) is 1. The first kappa shape index (κ1) is 26.3. The standard InChI is InChI=1S/C28H35N3O4S2/c1-19(2)35-26-10-7-21(17-20(26)3)28-29-18-27(36-28)24-6-4-5-23-22(24)8-9-25(23)30-37(32,33)16-13-31-11-14-34-15-12-31/h4-7,10,17-19,25,30H,8-9,11-16H2,1-3H3/t25-/m0/s1. The third kappa shape index (κ3) is 6.23. The van der Waals surface area contributed by atoms with Crippen molar-refractivity contribution in [2.24, 2.45) is 0 Å². The fraction of sp³-hybridized carbons (Fsp3) is 0.464. The van der Waals surface area contributed by atoms with Crippen LogP contribution in [0.25, 0.3) is 21.0 Å². The molecule has 0 saturated carbocycles. The average molecular weight is 542 g/mol. The SMILES string of the molecule is Cc1cc(-c2ncc(-c3cccc4c3CC[C@@H]4NS(=O)(=O)CCN3CCOCC3)s2)ccc1OC(C)C. The Morgan fingerprint density at radius 1 is 1.22 bits per heavy atom. The zero-order valence-electron chi connectivity index (χ0n) is 21.7. The van der Waals surface area contributed by atoms with Crippen LogP contribution in [0.4, 0.5) is 0 Å². The Hall–Kier alpha value is -2.30.